The molecular weight excluding hydrogens is 230 g/mol. The molecule has 0 spiro atoms. The van der Waals surface area contributed by atoms with Gasteiger partial charge in [0.05, 0.1) is 12.1 Å². The third kappa shape index (κ3) is 2.52. The average Bonchev–Trinajstić information content (AvgIpc) is 3.06. The second kappa shape index (κ2) is 4.66. The van der Waals surface area contributed by atoms with E-state index in [4.69, 9.17) is 0 Å². The lowest BCUT2D eigenvalue weighted by molar-refractivity contribution is -0.130. The molecule has 1 N–H and O–H groups in total. The Morgan fingerprint density at radius 2 is 2.22 bits per heavy atom. The largest absolute Gasteiger partial charge is 0.346 e. The minimum atomic E-state index is -0.355. The number of hydrogen-bond donors (Lipinski definition) is 1. The quantitative estimate of drug-likeness (QED) is 0.863. The zero-order valence-electron chi connectivity index (χ0n) is 11.5. The van der Waals surface area contributed by atoms with Gasteiger partial charge in [0.15, 0.2) is 5.82 Å². The number of tetrazole rings is 1. The minimum absolute atomic E-state index is 0.0443. The maximum Gasteiger partial charge on any atom is 0.226 e. The molecule has 1 aliphatic carbocycles. The number of hydrogen-bond acceptors (Lipinski definition) is 4. The first-order valence-corrected chi connectivity index (χ1v) is 6.54. The molecule has 1 fully saturated rings. The molecule has 2 rings (SSSR count). The van der Waals surface area contributed by atoms with Crippen LogP contribution in [-0.4, -0.2) is 26.1 Å². The topological polar surface area (TPSA) is 72.7 Å². The van der Waals surface area contributed by atoms with Crippen molar-refractivity contribution < 1.29 is 4.79 Å². The molecule has 100 valence electrons. The van der Waals surface area contributed by atoms with E-state index in [1.165, 1.54) is 0 Å². The first kappa shape index (κ1) is 13.0. The maximum atomic E-state index is 12.1. The van der Waals surface area contributed by atoms with E-state index < -0.39 is 0 Å². The molecule has 0 saturated heterocycles. The fraction of sp³-hybridized carbons (Fsp3) is 0.833. The van der Waals surface area contributed by atoms with Crippen LogP contribution in [-0.2, 0) is 4.79 Å². The predicted molar refractivity (Wildman–Crippen MR) is 66.7 cm³/mol. The molecule has 1 saturated carbocycles. The molecule has 6 nitrogen and oxygen atoms in total. The van der Waals surface area contributed by atoms with Crippen LogP contribution in [0, 0.1) is 5.41 Å². The Bertz CT molecular complexity index is 435. The molecule has 18 heavy (non-hydrogen) atoms. The van der Waals surface area contributed by atoms with Crippen molar-refractivity contribution in [2.75, 3.05) is 0 Å². The second-order valence-electron chi connectivity index (χ2n) is 5.65. The lowest BCUT2D eigenvalue weighted by atomic mass is 9.89. The summed E-state index contributed by atoms with van der Waals surface area (Å²) in [5.74, 6) is 0.792. The Hall–Kier alpha value is -1.46. The van der Waals surface area contributed by atoms with E-state index in [9.17, 15) is 4.79 Å². The number of nitrogens with zero attached hydrogens (tertiary/aromatic N) is 4. The summed E-state index contributed by atoms with van der Waals surface area (Å²) < 4.78 is 1.84. The van der Waals surface area contributed by atoms with Crippen molar-refractivity contribution in [3.8, 4) is 0 Å². The van der Waals surface area contributed by atoms with Gasteiger partial charge in [-0.25, -0.2) is 4.68 Å². The number of aromatic nitrogens is 4. The first-order valence-electron chi connectivity index (χ1n) is 6.54. The second-order valence-corrected chi connectivity index (χ2v) is 5.65. The summed E-state index contributed by atoms with van der Waals surface area (Å²) in [5, 5.41) is 14.7. The monoisotopic (exact) mass is 251 g/mol. The van der Waals surface area contributed by atoms with Gasteiger partial charge in [-0.05, 0) is 36.6 Å². The number of nitrogens with one attached hydrogen (secondary N) is 1. The van der Waals surface area contributed by atoms with Gasteiger partial charge in [0.1, 0.15) is 0 Å². The fourth-order valence-corrected chi connectivity index (χ4v) is 1.68. The van der Waals surface area contributed by atoms with Gasteiger partial charge in [0.25, 0.3) is 0 Å². The highest BCUT2D eigenvalue weighted by atomic mass is 16.2. The van der Waals surface area contributed by atoms with Crippen LogP contribution in [0.25, 0.3) is 0 Å². The molecule has 0 aliphatic heterocycles. The van der Waals surface area contributed by atoms with Crippen LogP contribution in [0.4, 0.5) is 0 Å². The van der Waals surface area contributed by atoms with Crippen LogP contribution in [0.1, 0.15) is 64.9 Å². The van der Waals surface area contributed by atoms with E-state index in [-0.39, 0.29) is 17.4 Å². The summed E-state index contributed by atoms with van der Waals surface area (Å²) in [6.45, 7) is 7.82. The Labute approximate surface area is 107 Å². The predicted octanol–water partition coefficient (Wildman–Crippen LogP) is 1.62. The van der Waals surface area contributed by atoms with Crippen LogP contribution in [0.3, 0.4) is 0 Å². The summed E-state index contributed by atoms with van der Waals surface area (Å²) in [6, 6.07) is 0.271. The zero-order chi connectivity index (χ0) is 13.3. The van der Waals surface area contributed by atoms with Gasteiger partial charge < -0.3 is 5.32 Å². The van der Waals surface area contributed by atoms with Crippen LogP contribution in [0.15, 0.2) is 0 Å². The number of carbonyl (C=O) groups excluding carboxylic acids is 1. The van der Waals surface area contributed by atoms with Gasteiger partial charge in [-0.2, -0.15) is 0 Å². The van der Waals surface area contributed by atoms with Crippen molar-refractivity contribution >= 4 is 5.91 Å². The van der Waals surface area contributed by atoms with Crippen molar-refractivity contribution in [1.82, 2.24) is 25.5 Å². The van der Waals surface area contributed by atoms with Gasteiger partial charge >= 0.3 is 0 Å². The smallest absolute Gasteiger partial charge is 0.226 e. The van der Waals surface area contributed by atoms with Crippen molar-refractivity contribution in [1.29, 1.82) is 0 Å². The molecule has 1 aliphatic rings. The molecule has 1 aromatic rings. The third-order valence-electron chi connectivity index (χ3n) is 3.64. The lowest BCUT2D eigenvalue weighted by Gasteiger charge is -2.24. The van der Waals surface area contributed by atoms with E-state index in [0.29, 0.717) is 6.04 Å². The molecule has 0 aromatic carbocycles. The van der Waals surface area contributed by atoms with Crippen LogP contribution < -0.4 is 5.32 Å². The highest BCUT2D eigenvalue weighted by Crippen LogP contribution is 2.35. The van der Waals surface area contributed by atoms with Crippen LogP contribution >= 0.6 is 0 Å². The standard InChI is InChI=1S/C12H21N5O/c1-5-12(3,4)11(18)13-8(2)10-14-15-16-17(10)9-6-7-9/h8-9H,5-7H2,1-4H3,(H,13,18). The molecule has 1 heterocycles. The van der Waals surface area contributed by atoms with E-state index >= 15 is 0 Å². The van der Waals surface area contributed by atoms with Gasteiger partial charge in [0, 0.05) is 5.41 Å². The highest BCUT2D eigenvalue weighted by molar-refractivity contribution is 5.82. The van der Waals surface area contributed by atoms with Crippen molar-refractivity contribution in [2.24, 2.45) is 5.41 Å². The molecular formula is C12H21N5O. The van der Waals surface area contributed by atoms with Crippen molar-refractivity contribution in [2.45, 2.75) is 59.0 Å². The van der Waals surface area contributed by atoms with Crippen LogP contribution in [0.2, 0.25) is 0 Å². The van der Waals surface area contributed by atoms with Gasteiger partial charge in [-0.1, -0.05) is 20.8 Å². The number of rotatable bonds is 5. The highest BCUT2D eigenvalue weighted by Gasteiger charge is 2.32. The fourth-order valence-electron chi connectivity index (χ4n) is 1.68. The first-order chi connectivity index (χ1) is 8.45. The van der Waals surface area contributed by atoms with Crippen molar-refractivity contribution in [3.05, 3.63) is 5.82 Å². The maximum absolute atomic E-state index is 12.1. The minimum Gasteiger partial charge on any atom is -0.346 e. The summed E-state index contributed by atoms with van der Waals surface area (Å²) in [4.78, 5) is 12.1. The number of carbonyl (C=O) groups is 1. The zero-order valence-corrected chi connectivity index (χ0v) is 11.5. The van der Waals surface area contributed by atoms with E-state index in [1.807, 2.05) is 32.4 Å². The Balaban J connectivity index is 2.05. The summed E-state index contributed by atoms with van der Waals surface area (Å²) in [5.41, 5.74) is -0.355. The normalized spacial score (nSPS) is 17.6. The van der Waals surface area contributed by atoms with Crippen molar-refractivity contribution in [3.63, 3.8) is 0 Å². The molecule has 1 amide bonds. The molecule has 6 heteroatoms. The molecule has 0 radical (unpaired) electrons. The average molecular weight is 251 g/mol. The van der Waals surface area contributed by atoms with E-state index in [1.54, 1.807) is 0 Å². The lowest BCUT2D eigenvalue weighted by Crippen LogP contribution is -2.38. The Kier molecular flexibility index (Phi) is 3.36. The third-order valence-corrected chi connectivity index (χ3v) is 3.64. The molecule has 0 bridgehead atoms. The van der Waals surface area contributed by atoms with E-state index in [0.717, 1.165) is 25.1 Å². The van der Waals surface area contributed by atoms with Gasteiger partial charge in [-0.15, -0.1) is 5.10 Å². The molecule has 1 atom stereocenters. The number of amides is 1. The van der Waals surface area contributed by atoms with Gasteiger partial charge in [0.2, 0.25) is 5.91 Å². The van der Waals surface area contributed by atoms with Crippen LogP contribution in [0.5, 0.6) is 0 Å². The molecule has 1 unspecified atom stereocenters. The Morgan fingerprint density at radius 3 is 2.78 bits per heavy atom. The summed E-state index contributed by atoms with van der Waals surface area (Å²) in [6.07, 6.45) is 3.05. The van der Waals surface area contributed by atoms with E-state index in [2.05, 4.69) is 20.8 Å². The SMILES string of the molecule is CCC(C)(C)C(=O)NC(C)c1nnnn1C1CC1. The molecule has 1 aromatic heterocycles. The summed E-state index contributed by atoms with van der Waals surface area (Å²) >= 11 is 0. The van der Waals surface area contributed by atoms with Gasteiger partial charge in [-0.3, -0.25) is 4.79 Å². The Morgan fingerprint density at radius 1 is 1.56 bits per heavy atom. The summed E-state index contributed by atoms with van der Waals surface area (Å²) in [7, 11) is 0.